The number of esters is 1. The number of carbonyl (C=O) groups is 1. The topological polar surface area (TPSA) is 44.8 Å². The Balaban J connectivity index is 2.09. The monoisotopic (exact) mass is 228 g/mol. The highest BCUT2D eigenvalue weighted by molar-refractivity contribution is 5.73. The van der Waals surface area contributed by atoms with Crippen LogP contribution in [0.4, 0.5) is 0 Å². The van der Waals surface area contributed by atoms with Crippen LogP contribution in [0.3, 0.4) is 0 Å². The van der Waals surface area contributed by atoms with Gasteiger partial charge >= 0.3 is 5.97 Å². The quantitative estimate of drug-likeness (QED) is 0.639. The molecule has 4 heteroatoms. The van der Waals surface area contributed by atoms with Gasteiger partial charge in [-0.2, -0.15) is 0 Å². The van der Waals surface area contributed by atoms with Gasteiger partial charge in [0.25, 0.3) is 0 Å². The predicted octanol–water partition coefficient (Wildman–Crippen LogP) is 1.58. The van der Waals surface area contributed by atoms with Gasteiger partial charge in [-0.3, -0.25) is 4.79 Å². The molecule has 0 unspecified atom stereocenters. The zero-order valence-electron chi connectivity index (χ0n) is 10.4. The molecular weight excluding hydrogens is 208 g/mol. The van der Waals surface area contributed by atoms with E-state index in [1.165, 1.54) is 7.11 Å². The molecule has 1 saturated carbocycles. The average molecular weight is 228 g/mol. The van der Waals surface area contributed by atoms with E-state index in [1.807, 2.05) is 13.8 Å². The van der Waals surface area contributed by atoms with E-state index < -0.39 is 5.79 Å². The minimum Gasteiger partial charge on any atom is -0.469 e. The van der Waals surface area contributed by atoms with E-state index in [0.717, 1.165) is 6.42 Å². The summed E-state index contributed by atoms with van der Waals surface area (Å²) in [5, 5.41) is 0. The maximum atomic E-state index is 11.6. The molecule has 4 nitrogen and oxygen atoms in total. The van der Waals surface area contributed by atoms with Crippen LogP contribution in [-0.4, -0.2) is 31.6 Å². The fourth-order valence-corrected chi connectivity index (χ4v) is 2.83. The van der Waals surface area contributed by atoms with E-state index in [-0.39, 0.29) is 23.9 Å². The number of ether oxygens (including phenoxy) is 3. The number of rotatable bonds is 1. The standard InChI is InChI=1S/C12H20O4/c1-7-8(11(13)14-4)5-10-9(7)6-15-12(2,3)16-10/h7-10H,5-6H2,1-4H3/t7-,8+,9+,10+/m1/s1. The third-order valence-corrected chi connectivity index (χ3v) is 3.84. The minimum absolute atomic E-state index is 0.0440. The Labute approximate surface area is 96.2 Å². The molecule has 1 heterocycles. The van der Waals surface area contributed by atoms with Crippen LogP contribution < -0.4 is 0 Å². The first-order valence-electron chi connectivity index (χ1n) is 5.84. The highest BCUT2D eigenvalue weighted by Gasteiger charge is 2.49. The van der Waals surface area contributed by atoms with Crippen LogP contribution in [-0.2, 0) is 19.0 Å². The highest BCUT2D eigenvalue weighted by Crippen LogP contribution is 2.44. The maximum absolute atomic E-state index is 11.6. The SMILES string of the molecule is COC(=O)[C@H]1C[C@@H]2OC(C)(C)OC[C@H]2[C@@H]1C. The summed E-state index contributed by atoms with van der Waals surface area (Å²) in [6, 6.07) is 0. The van der Waals surface area contributed by atoms with Crippen molar-refractivity contribution in [1.82, 2.24) is 0 Å². The molecule has 1 aliphatic heterocycles. The second kappa shape index (κ2) is 4.00. The Morgan fingerprint density at radius 2 is 2.12 bits per heavy atom. The summed E-state index contributed by atoms with van der Waals surface area (Å²) in [5.41, 5.74) is 0. The van der Waals surface area contributed by atoms with Crippen LogP contribution >= 0.6 is 0 Å². The summed E-state index contributed by atoms with van der Waals surface area (Å²) in [4.78, 5) is 11.6. The van der Waals surface area contributed by atoms with E-state index in [2.05, 4.69) is 6.92 Å². The zero-order valence-corrected chi connectivity index (χ0v) is 10.4. The van der Waals surface area contributed by atoms with Crippen LogP contribution in [0.1, 0.15) is 27.2 Å². The van der Waals surface area contributed by atoms with Crippen molar-refractivity contribution in [2.24, 2.45) is 17.8 Å². The number of hydrogen-bond acceptors (Lipinski definition) is 4. The van der Waals surface area contributed by atoms with Gasteiger partial charge in [0.05, 0.1) is 25.7 Å². The summed E-state index contributed by atoms with van der Waals surface area (Å²) in [6.07, 6.45) is 0.883. The first-order chi connectivity index (χ1) is 7.44. The number of carbonyl (C=O) groups excluding carboxylic acids is 1. The molecule has 0 bridgehead atoms. The molecule has 0 aromatic heterocycles. The molecule has 2 aliphatic rings. The van der Waals surface area contributed by atoms with Gasteiger partial charge < -0.3 is 14.2 Å². The molecule has 0 amide bonds. The largest absolute Gasteiger partial charge is 0.469 e. The Kier molecular flexibility index (Phi) is 2.97. The number of methoxy groups -OCH3 is 1. The van der Waals surface area contributed by atoms with Crippen molar-refractivity contribution in [2.75, 3.05) is 13.7 Å². The lowest BCUT2D eigenvalue weighted by Crippen LogP contribution is -2.44. The Hall–Kier alpha value is -0.610. The van der Waals surface area contributed by atoms with Gasteiger partial charge in [0.15, 0.2) is 5.79 Å². The van der Waals surface area contributed by atoms with E-state index in [1.54, 1.807) is 0 Å². The lowest BCUT2D eigenvalue weighted by Gasteiger charge is -2.39. The number of hydrogen-bond donors (Lipinski definition) is 0. The lowest BCUT2D eigenvalue weighted by molar-refractivity contribution is -0.289. The molecule has 0 radical (unpaired) electrons. The summed E-state index contributed by atoms with van der Waals surface area (Å²) >= 11 is 0. The molecule has 1 aliphatic carbocycles. The van der Waals surface area contributed by atoms with Crippen molar-refractivity contribution in [3.8, 4) is 0 Å². The summed E-state index contributed by atoms with van der Waals surface area (Å²) in [6.45, 7) is 6.59. The van der Waals surface area contributed by atoms with Gasteiger partial charge in [-0.15, -0.1) is 0 Å². The van der Waals surface area contributed by atoms with Gasteiger partial charge in [-0.1, -0.05) is 6.92 Å². The first kappa shape index (κ1) is 11.9. The highest BCUT2D eigenvalue weighted by atomic mass is 16.7. The third-order valence-electron chi connectivity index (χ3n) is 3.84. The predicted molar refractivity (Wildman–Crippen MR) is 57.7 cm³/mol. The maximum Gasteiger partial charge on any atom is 0.309 e. The second-order valence-electron chi connectivity index (χ2n) is 5.26. The summed E-state index contributed by atoms with van der Waals surface area (Å²) in [7, 11) is 1.44. The molecule has 92 valence electrons. The second-order valence-corrected chi connectivity index (χ2v) is 5.26. The normalized spacial score (nSPS) is 41.5. The minimum atomic E-state index is -0.522. The van der Waals surface area contributed by atoms with Crippen LogP contribution in [0.2, 0.25) is 0 Å². The van der Waals surface area contributed by atoms with E-state index in [4.69, 9.17) is 14.2 Å². The van der Waals surface area contributed by atoms with E-state index in [9.17, 15) is 4.79 Å². The molecular formula is C12H20O4. The fourth-order valence-electron chi connectivity index (χ4n) is 2.83. The summed E-state index contributed by atoms with van der Waals surface area (Å²) < 4.78 is 16.3. The Morgan fingerprint density at radius 1 is 1.44 bits per heavy atom. The van der Waals surface area contributed by atoms with Crippen molar-refractivity contribution in [2.45, 2.75) is 39.1 Å². The van der Waals surface area contributed by atoms with Crippen LogP contribution in [0, 0.1) is 17.8 Å². The van der Waals surface area contributed by atoms with Gasteiger partial charge in [-0.05, 0) is 26.2 Å². The van der Waals surface area contributed by atoms with Crippen molar-refractivity contribution in [3.05, 3.63) is 0 Å². The summed E-state index contributed by atoms with van der Waals surface area (Å²) in [5.74, 6) is -0.0993. The van der Waals surface area contributed by atoms with Gasteiger partial charge in [0, 0.05) is 5.92 Å². The van der Waals surface area contributed by atoms with Gasteiger partial charge in [0.2, 0.25) is 0 Å². The zero-order chi connectivity index (χ0) is 11.9. The lowest BCUT2D eigenvalue weighted by atomic mass is 9.91. The smallest absolute Gasteiger partial charge is 0.309 e. The molecule has 16 heavy (non-hydrogen) atoms. The molecule has 0 N–H and O–H groups in total. The molecule has 1 saturated heterocycles. The Morgan fingerprint density at radius 3 is 2.75 bits per heavy atom. The van der Waals surface area contributed by atoms with Crippen LogP contribution in [0.5, 0.6) is 0 Å². The average Bonchev–Trinajstić information content (AvgIpc) is 2.52. The van der Waals surface area contributed by atoms with Crippen molar-refractivity contribution < 1.29 is 19.0 Å². The van der Waals surface area contributed by atoms with E-state index in [0.29, 0.717) is 12.5 Å². The Bertz CT molecular complexity index is 287. The number of fused-ring (bicyclic) bond motifs is 1. The van der Waals surface area contributed by atoms with Gasteiger partial charge in [0.1, 0.15) is 0 Å². The molecule has 2 rings (SSSR count). The molecule has 0 aromatic carbocycles. The van der Waals surface area contributed by atoms with Crippen molar-refractivity contribution in [3.63, 3.8) is 0 Å². The van der Waals surface area contributed by atoms with Crippen LogP contribution in [0.15, 0.2) is 0 Å². The molecule has 0 spiro atoms. The fraction of sp³-hybridized carbons (Fsp3) is 0.917. The molecule has 2 fully saturated rings. The van der Waals surface area contributed by atoms with Crippen LogP contribution in [0.25, 0.3) is 0 Å². The van der Waals surface area contributed by atoms with Gasteiger partial charge in [-0.25, -0.2) is 0 Å². The molecule has 0 aromatic rings. The van der Waals surface area contributed by atoms with E-state index >= 15 is 0 Å². The van der Waals surface area contributed by atoms with Crippen molar-refractivity contribution >= 4 is 5.97 Å². The first-order valence-corrected chi connectivity index (χ1v) is 5.84. The van der Waals surface area contributed by atoms with Crippen molar-refractivity contribution in [1.29, 1.82) is 0 Å². The molecule has 4 atom stereocenters. The third kappa shape index (κ3) is 1.96.